The molecule has 0 saturated heterocycles. The Hall–Kier alpha value is -1.96. The lowest BCUT2D eigenvalue weighted by atomic mass is 10.1. The fraction of sp³-hybridized carbons (Fsp3) is 0.350. The van der Waals surface area contributed by atoms with Gasteiger partial charge in [-0.3, -0.25) is 9.10 Å². The monoisotopic (exact) mass is 458 g/mol. The number of hydrogen-bond acceptors (Lipinski definition) is 4. The van der Waals surface area contributed by atoms with E-state index in [1.54, 1.807) is 0 Å². The molecule has 2 aromatic rings. The Morgan fingerprint density at radius 2 is 1.86 bits per heavy atom. The van der Waals surface area contributed by atoms with E-state index in [9.17, 15) is 13.2 Å². The predicted molar refractivity (Wildman–Crippen MR) is 118 cm³/mol. The van der Waals surface area contributed by atoms with E-state index in [-0.39, 0.29) is 23.9 Å². The molecule has 0 bridgehead atoms. The van der Waals surface area contributed by atoms with Crippen molar-refractivity contribution in [2.24, 2.45) is 0 Å². The summed E-state index contributed by atoms with van der Waals surface area (Å²) in [5.41, 5.74) is 2.41. The molecule has 1 amide bonds. The van der Waals surface area contributed by atoms with Gasteiger partial charge in [-0.25, -0.2) is 8.42 Å². The van der Waals surface area contributed by atoms with Crippen LogP contribution >= 0.6 is 23.2 Å². The largest absolute Gasteiger partial charge is 0.491 e. The minimum Gasteiger partial charge on any atom is -0.491 e. The topological polar surface area (TPSA) is 75.7 Å². The lowest BCUT2D eigenvalue weighted by Crippen LogP contribution is -2.48. The molecule has 0 unspecified atom stereocenters. The number of carbonyl (C=O) groups is 1. The first-order valence-electron chi connectivity index (χ1n) is 8.93. The fourth-order valence-electron chi connectivity index (χ4n) is 2.79. The molecular weight excluding hydrogens is 435 g/mol. The molecule has 0 radical (unpaired) electrons. The van der Waals surface area contributed by atoms with Gasteiger partial charge in [-0.15, -0.1) is 0 Å². The zero-order chi connectivity index (χ0) is 21.8. The summed E-state index contributed by atoms with van der Waals surface area (Å²) in [6.45, 7) is 5.95. The van der Waals surface area contributed by atoms with Crippen molar-refractivity contribution in [1.29, 1.82) is 0 Å². The fourth-order valence-corrected chi connectivity index (χ4v) is 4.25. The summed E-state index contributed by atoms with van der Waals surface area (Å²) in [6, 6.07) is 9.18. The van der Waals surface area contributed by atoms with Gasteiger partial charge in [0.1, 0.15) is 18.4 Å². The highest BCUT2D eigenvalue weighted by molar-refractivity contribution is 7.92. The molecule has 1 atom stereocenters. The number of aryl methyl sites for hydroxylation is 1. The van der Waals surface area contributed by atoms with Gasteiger partial charge in [0.25, 0.3) is 0 Å². The Labute approximate surface area is 181 Å². The number of hydrogen-bond donors (Lipinski definition) is 1. The molecule has 0 heterocycles. The summed E-state index contributed by atoms with van der Waals surface area (Å²) in [5.74, 6) is 0.298. The normalized spacial score (nSPS) is 12.3. The van der Waals surface area contributed by atoms with E-state index in [0.29, 0.717) is 5.02 Å². The zero-order valence-electron chi connectivity index (χ0n) is 16.7. The van der Waals surface area contributed by atoms with E-state index < -0.39 is 22.0 Å². The van der Waals surface area contributed by atoms with Crippen LogP contribution in [0, 0.1) is 13.8 Å². The van der Waals surface area contributed by atoms with Crippen LogP contribution in [0.1, 0.15) is 18.1 Å². The molecule has 6 nitrogen and oxygen atoms in total. The summed E-state index contributed by atoms with van der Waals surface area (Å²) >= 11 is 11.9. The number of rotatable bonds is 8. The first kappa shape index (κ1) is 23.3. The number of carbonyl (C=O) groups excluding carboxylic acids is 1. The average molecular weight is 459 g/mol. The van der Waals surface area contributed by atoms with Crippen molar-refractivity contribution >= 4 is 44.8 Å². The van der Waals surface area contributed by atoms with Crippen molar-refractivity contribution in [3.8, 4) is 5.75 Å². The molecule has 0 aliphatic heterocycles. The Kier molecular flexibility index (Phi) is 7.80. The highest BCUT2D eigenvalue weighted by Gasteiger charge is 2.29. The molecule has 0 spiro atoms. The molecule has 2 aromatic carbocycles. The number of sulfonamides is 1. The molecule has 29 heavy (non-hydrogen) atoms. The number of anilines is 1. The standard InChI is InChI=1S/C20H24Cl2N2O4S/c1-13-6-5-7-19(14(13)2)28-11-10-23-20(25)15(3)24(29(4,26)27)16-8-9-17(21)18(22)12-16/h5-9,12,15H,10-11H2,1-4H3,(H,23,25)/t15-/m0/s1. The minimum atomic E-state index is -3.74. The lowest BCUT2D eigenvalue weighted by molar-refractivity contribution is -0.121. The van der Waals surface area contributed by atoms with E-state index in [4.69, 9.17) is 27.9 Å². The molecule has 158 valence electrons. The molecule has 0 aliphatic rings. The van der Waals surface area contributed by atoms with Gasteiger partial charge in [0.2, 0.25) is 15.9 Å². The summed E-state index contributed by atoms with van der Waals surface area (Å²) in [4.78, 5) is 12.6. The molecule has 0 saturated carbocycles. The third-order valence-corrected chi connectivity index (χ3v) is 6.44. The molecule has 2 rings (SSSR count). The number of amides is 1. The maximum absolute atomic E-state index is 12.6. The van der Waals surface area contributed by atoms with Crippen LogP contribution in [0.5, 0.6) is 5.75 Å². The Balaban J connectivity index is 2.03. The molecule has 0 aromatic heterocycles. The molecule has 0 aliphatic carbocycles. The lowest BCUT2D eigenvalue weighted by Gasteiger charge is -2.28. The van der Waals surface area contributed by atoms with Crippen LogP contribution in [0.4, 0.5) is 5.69 Å². The van der Waals surface area contributed by atoms with Crippen LogP contribution in [0.25, 0.3) is 0 Å². The summed E-state index contributed by atoms with van der Waals surface area (Å²) in [7, 11) is -3.74. The molecule has 9 heteroatoms. The first-order valence-corrected chi connectivity index (χ1v) is 11.5. The molecular formula is C20H24Cl2N2O4S. The Morgan fingerprint density at radius 1 is 1.17 bits per heavy atom. The van der Waals surface area contributed by atoms with Crippen LogP contribution in [0.3, 0.4) is 0 Å². The molecule has 1 N–H and O–H groups in total. The summed E-state index contributed by atoms with van der Waals surface area (Å²) in [5, 5.41) is 3.20. The maximum atomic E-state index is 12.6. The van der Waals surface area contributed by atoms with Gasteiger partial charge in [0.05, 0.1) is 28.5 Å². The highest BCUT2D eigenvalue weighted by Crippen LogP contribution is 2.29. The van der Waals surface area contributed by atoms with Crippen molar-refractivity contribution < 1.29 is 17.9 Å². The summed E-state index contributed by atoms with van der Waals surface area (Å²) in [6.07, 6.45) is 1.03. The van der Waals surface area contributed by atoms with Crippen molar-refractivity contribution in [1.82, 2.24) is 5.32 Å². The van der Waals surface area contributed by atoms with E-state index in [0.717, 1.165) is 27.4 Å². The van der Waals surface area contributed by atoms with E-state index in [1.807, 2.05) is 32.0 Å². The van der Waals surface area contributed by atoms with Crippen molar-refractivity contribution in [3.63, 3.8) is 0 Å². The van der Waals surface area contributed by atoms with Gasteiger partial charge in [-0.2, -0.15) is 0 Å². The smallest absolute Gasteiger partial charge is 0.243 e. The third-order valence-electron chi connectivity index (χ3n) is 4.46. The van der Waals surface area contributed by atoms with Gasteiger partial charge in [0.15, 0.2) is 0 Å². The number of halogens is 2. The van der Waals surface area contributed by atoms with Crippen molar-refractivity contribution in [2.45, 2.75) is 26.8 Å². The van der Waals surface area contributed by atoms with Crippen molar-refractivity contribution in [3.05, 3.63) is 57.6 Å². The van der Waals surface area contributed by atoms with Crippen LogP contribution in [-0.4, -0.2) is 39.8 Å². The second kappa shape index (κ2) is 9.69. The van der Waals surface area contributed by atoms with Crippen LogP contribution in [0.2, 0.25) is 10.0 Å². The van der Waals surface area contributed by atoms with E-state index in [1.165, 1.54) is 25.1 Å². The van der Waals surface area contributed by atoms with Gasteiger partial charge in [0, 0.05) is 0 Å². The number of ether oxygens (including phenoxy) is 1. The van der Waals surface area contributed by atoms with Gasteiger partial charge in [-0.1, -0.05) is 35.3 Å². The van der Waals surface area contributed by atoms with E-state index in [2.05, 4.69) is 5.32 Å². The van der Waals surface area contributed by atoms with Crippen LogP contribution in [-0.2, 0) is 14.8 Å². The Bertz CT molecular complexity index is 996. The zero-order valence-corrected chi connectivity index (χ0v) is 19.0. The highest BCUT2D eigenvalue weighted by atomic mass is 35.5. The predicted octanol–water partition coefficient (Wildman–Crippen LogP) is 3.96. The summed E-state index contributed by atoms with van der Waals surface area (Å²) < 4.78 is 31.3. The van der Waals surface area contributed by atoms with Gasteiger partial charge < -0.3 is 10.1 Å². The minimum absolute atomic E-state index is 0.201. The first-order chi connectivity index (χ1) is 13.5. The average Bonchev–Trinajstić information content (AvgIpc) is 2.63. The number of nitrogens with one attached hydrogen (secondary N) is 1. The third kappa shape index (κ3) is 6.01. The van der Waals surface area contributed by atoms with Crippen LogP contribution in [0.15, 0.2) is 36.4 Å². The second-order valence-corrected chi connectivity index (χ2v) is 9.34. The Morgan fingerprint density at radius 3 is 2.48 bits per heavy atom. The SMILES string of the molecule is Cc1cccc(OCCNC(=O)[C@H](C)N(c2ccc(Cl)c(Cl)c2)S(C)(=O)=O)c1C. The maximum Gasteiger partial charge on any atom is 0.243 e. The van der Waals surface area contributed by atoms with Gasteiger partial charge >= 0.3 is 0 Å². The number of benzene rings is 2. The van der Waals surface area contributed by atoms with Crippen molar-refractivity contribution in [2.75, 3.05) is 23.7 Å². The molecule has 0 fully saturated rings. The second-order valence-electron chi connectivity index (χ2n) is 6.67. The number of nitrogens with zero attached hydrogens (tertiary/aromatic N) is 1. The van der Waals surface area contributed by atoms with Crippen LogP contribution < -0.4 is 14.4 Å². The quantitative estimate of drug-likeness (QED) is 0.607. The van der Waals surface area contributed by atoms with E-state index >= 15 is 0 Å². The van der Waals surface area contributed by atoms with Gasteiger partial charge in [-0.05, 0) is 56.2 Å².